The van der Waals surface area contributed by atoms with Crippen molar-refractivity contribution in [3.05, 3.63) is 26.7 Å². The smallest absolute Gasteiger partial charge is 0.243 e. The van der Waals surface area contributed by atoms with Crippen molar-refractivity contribution in [2.24, 2.45) is 0 Å². The fourth-order valence-corrected chi connectivity index (χ4v) is 5.33. The van der Waals surface area contributed by atoms with Crippen molar-refractivity contribution in [2.45, 2.75) is 24.2 Å². The van der Waals surface area contributed by atoms with Crippen LogP contribution in [-0.4, -0.2) is 39.5 Å². The number of nitrogens with zero attached hydrogens (tertiary/aromatic N) is 1. The molecule has 1 heterocycles. The Kier molecular flexibility index (Phi) is 6.35. The minimum absolute atomic E-state index is 0.0623. The molecule has 0 aliphatic carbocycles. The predicted octanol–water partition coefficient (Wildman–Crippen LogP) is 3.52. The van der Waals surface area contributed by atoms with E-state index in [2.05, 4.69) is 25.6 Å². The van der Waals surface area contributed by atoms with Gasteiger partial charge in [-0.15, -0.1) is 0 Å². The number of benzene rings is 1. The highest BCUT2D eigenvalue weighted by molar-refractivity contribution is 9.10. The largest absolute Gasteiger partial charge is 0.302 e. The highest BCUT2D eigenvalue weighted by Gasteiger charge is 2.22. The Morgan fingerprint density at radius 1 is 1.14 bits per heavy atom. The molecule has 0 atom stereocenters. The van der Waals surface area contributed by atoms with E-state index in [4.69, 9.17) is 23.2 Å². The van der Waals surface area contributed by atoms with E-state index in [1.165, 1.54) is 31.4 Å². The molecule has 21 heavy (non-hydrogen) atoms. The molecular weight excluding hydrogens is 399 g/mol. The van der Waals surface area contributed by atoms with Crippen molar-refractivity contribution in [1.29, 1.82) is 0 Å². The Hall–Kier alpha value is 0.150. The number of likely N-dealkylation sites (tertiary alicyclic amines) is 1. The summed E-state index contributed by atoms with van der Waals surface area (Å²) in [4.78, 5) is 2.20. The van der Waals surface area contributed by atoms with Crippen LogP contribution in [0, 0.1) is 0 Å². The Balaban J connectivity index is 2.01. The maximum absolute atomic E-state index is 12.3. The van der Waals surface area contributed by atoms with E-state index in [0.717, 1.165) is 13.1 Å². The monoisotopic (exact) mass is 414 g/mol. The lowest BCUT2D eigenvalue weighted by Crippen LogP contribution is -2.37. The van der Waals surface area contributed by atoms with Gasteiger partial charge < -0.3 is 4.90 Å². The van der Waals surface area contributed by atoms with E-state index in [-0.39, 0.29) is 14.9 Å². The number of halogens is 3. The molecule has 1 fully saturated rings. The molecule has 4 nitrogen and oxygen atoms in total. The molecule has 1 N–H and O–H groups in total. The molecule has 8 heteroatoms. The first kappa shape index (κ1) is 17.5. The van der Waals surface area contributed by atoms with Gasteiger partial charge in [-0.25, -0.2) is 13.1 Å². The van der Waals surface area contributed by atoms with Crippen LogP contribution in [0.5, 0.6) is 0 Å². The molecule has 0 spiro atoms. The number of nitrogens with one attached hydrogen (secondary N) is 1. The van der Waals surface area contributed by atoms with Crippen LogP contribution in [0.4, 0.5) is 0 Å². The van der Waals surface area contributed by atoms with Crippen LogP contribution in [0.2, 0.25) is 10.0 Å². The minimum Gasteiger partial charge on any atom is -0.302 e. The zero-order valence-electron chi connectivity index (χ0n) is 11.4. The standard InChI is InChI=1S/C13H17BrCl2N2O2S/c14-10-8-11(15)13(12(16)9-10)21(19,20)17-4-7-18-5-2-1-3-6-18/h8-9,17H,1-7H2. The quantitative estimate of drug-likeness (QED) is 0.800. The van der Waals surface area contributed by atoms with Crippen LogP contribution in [0.15, 0.2) is 21.5 Å². The molecule has 0 unspecified atom stereocenters. The number of piperidine rings is 1. The fourth-order valence-electron chi connectivity index (χ4n) is 2.38. The van der Waals surface area contributed by atoms with Gasteiger partial charge in [-0.2, -0.15) is 0 Å². The molecule has 0 bridgehead atoms. The van der Waals surface area contributed by atoms with Gasteiger partial charge in [0.05, 0.1) is 10.0 Å². The summed E-state index contributed by atoms with van der Waals surface area (Å²) in [7, 11) is -3.70. The predicted molar refractivity (Wildman–Crippen MR) is 89.6 cm³/mol. The average Bonchev–Trinajstić information content (AvgIpc) is 2.38. The highest BCUT2D eigenvalue weighted by Crippen LogP contribution is 2.32. The molecule has 0 saturated carbocycles. The van der Waals surface area contributed by atoms with Gasteiger partial charge in [0.1, 0.15) is 4.90 Å². The van der Waals surface area contributed by atoms with Crippen molar-refractivity contribution in [3.63, 3.8) is 0 Å². The molecule has 1 aromatic rings. The molecule has 2 rings (SSSR count). The normalized spacial score (nSPS) is 17.1. The zero-order chi connectivity index (χ0) is 15.5. The molecule has 1 saturated heterocycles. The van der Waals surface area contributed by atoms with Gasteiger partial charge in [0.15, 0.2) is 0 Å². The summed E-state index contributed by atoms with van der Waals surface area (Å²) in [6, 6.07) is 3.04. The van der Waals surface area contributed by atoms with E-state index in [9.17, 15) is 8.42 Å². The second-order valence-corrected chi connectivity index (χ2v) is 8.43. The van der Waals surface area contributed by atoms with Crippen LogP contribution in [-0.2, 0) is 10.0 Å². The number of hydrogen-bond acceptors (Lipinski definition) is 3. The van der Waals surface area contributed by atoms with E-state index in [1.54, 1.807) is 0 Å². The molecule has 1 aliphatic rings. The third-order valence-corrected chi connectivity index (χ3v) is 6.24. The van der Waals surface area contributed by atoms with Crippen LogP contribution >= 0.6 is 39.1 Å². The maximum Gasteiger partial charge on any atom is 0.243 e. The van der Waals surface area contributed by atoms with Crippen molar-refractivity contribution < 1.29 is 8.42 Å². The molecular formula is C13H17BrCl2N2O2S. The average molecular weight is 416 g/mol. The first-order valence-electron chi connectivity index (χ1n) is 6.77. The van der Waals surface area contributed by atoms with Gasteiger partial charge in [0.2, 0.25) is 10.0 Å². The summed E-state index contributed by atoms with van der Waals surface area (Å²) in [6.45, 7) is 3.11. The molecule has 0 aromatic heterocycles. The van der Waals surface area contributed by atoms with Crippen molar-refractivity contribution in [2.75, 3.05) is 26.2 Å². The van der Waals surface area contributed by atoms with E-state index in [1.807, 2.05) is 0 Å². The lowest BCUT2D eigenvalue weighted by Gasteiger charge is -2.26. The molecule has 0 amide bonds. The Morgan fingerprint density at radius 2 is 1.71 bits per heavy atom. The highest BCUT2D eigenvalue weighted by atomic mass is 79.9. The lowest BCUT2D eigenvalue weighted by atomic mass is 10.1. The van der Waals surface area contributed by atoms with Gasteiger partial charge >= 0.3 is 0 Å². The summed E-state index contributed by atoms with van der Waals surface area (Å²) in [5.74, 6) is 0. The number of sulfonamides is 1. The molecule has 0 radical (unpaired) electrons. The minimum atomic E-state index is -3.70. The fraction of sp³-hybridized carbons (Fsp3) is 0.538. The Labute approximate surface area is 144 Å². The van der Waals surface area contributed by atoms with Crippen LogP contribution in [0.1, 0.15) is 19.3 Å². The van der Waals surface area contributed by atoms with Crippen molar-refractivity contribution in [3.8, 4) is 0 Å². The maximum atomic E-state index is 12.3. The summed E-state index contributed by atoms with van der Waals surface area (Å²) in [5, 5.41) is 0.222. The third kappa shape index (κ3) is 4.81. The molecule has 1 aliphatic heterocycles. The van der Waals surface area contributed by atoms with Crippen molar-refractivity contribution in [1.82, 2.24) is 9.62 Å². The summed E-state index contributed by atoms with van der Waals surface area (Å²) < 4.78 is 27.8. The molecule has 118 valence electrons. The summed E-state index contributed by atoms with van der Waals surface area (Å²) in [6.07, 6.45) is 3.61. The van der Waals surface area contributed by atoms with Gasteiger partial charge in [0, 0.05) is 17.6 Å². The van der Waals surface area contributed by atoms with E-state index < -0.39 is 10.0 Å². The summed E-state index contributed by atoms with van der Waals surface area (Å²) in [5.41, 5.74) is 0. The van der Waals surface area contributed by atoms with E-state index in [0.29, 0.717) is 17.6 Å². The third-order valence-electron chi connectivity index (χ3n) is 3.40. The first-order valence-corrected chi connectivity index (χ1v) is 9.80. The van der Waals surface area contributed by atoms with Gasteiger partial charge in [-0.05, 0) is 38.1 Å². The van der Waals surface area contributed by atoms with Gasteiger partial charge in [-0.1, -0.05) is 45.6 Å². The van der Waals surface area contributed by atoms with E-state index >= 15 is 0 Å². The van der Waals surface area contributed by atoms with Gasteiger partial charge in [-0.3, -0.25) is 0 Å². The Morgan fingerprint density at radius 3 is 2.29 bits per heavy atom. The van der Waals surface area contributed by atoms with Crippen LogP contribution in [0.3, 0.4) is 0 Å². The van der Waals surface area contributed by atoms with Gasteiger partial charge in [0.25, 0.3) is 0 Å². The summed E-state index contributed by atoms with van der Waals surface area (Å²) >= 11 is 15.2. The topological polar surface area (TPSA) is 49.4 Å². The second-order valence-electron chi connectivity index (χ2n) is 5.00. The first-order chi connectivity index (χ1) is 9.90. The number of hydrogen-bond donors (Lipinski definition) is 1. The second kappa shape index (κ2) is 7.62. The SMILES string of the molecule is O=S(=O)(NCCN1CCCCC1)c1c(Cl)cc(Br)cc1Cl. The van der Waals surface area contributed by atoms with Crippen LogP contribution in [0.25, 0.3) is 0 Å². The molecule has 1 aromatic carbocycles. The van der Waals surface area contributed by atoms with Crippen LogP contribution < -0.4 is 4.72 Å². The number of rotatable bonds is 5. The lowest BCUT2D eigenvalue weighted by molar-refractivity contribution is 0.233. The Bertz CT molecular complexity index is 581. The van der Waals surface area contributed by atoms with Crippen molar-refractivity contribution >= 4 is 49.2 Å². The zero-order valence-corrected chi connectivity index (χ0v) is 15.3.